The normalized spacial score (nSPS) is 16.4. The molecule has 0 atom stereocenters. The maximum Gasteiger partial charge on any atom is 0.335 e. The zero-order chi connectivity index (χ0) is 12.5. The van der Waals surface area contributed by atoms with E-state index in [2.05, 4.69) is 4.90 Å². The molecule has 2 aromatic rings. The highest BCUT2D eigenvalue weighted by atomic mass is 16.4. The Balaban J connectivity index is 1.95. The predicted octanol–water partition coefficient (Wildman–Crippen LogP) is 2.73. The van der Waals surface area contributed by atoms with E-state index in [9.17, 15) is 4.79 Å². The van der Waals surface area contributed by atoms with E-state index in [0.29, 0.717) is 5.56 Å². The molecule has 1 aromatic carbocycles. The zero-order valence-corrected chi connectivity index (χ0v) is 10.1. The highest BCUT2D eigenvalue weighted by Gasteiger charge is 2.15. The molecule has 0 radical (unpaired) electrons. The first-order chi connectivity index (χ1) is 8.74. The average molecular weight is 245 g/mol. The molecule has 1 N–H and O–H groups in total. The fraction of sp³-hybridized carbons (Fsp3) is 0.357. The topological polar surface area (TPSA) is 53.7 Å². The van der Waals surface area contributed by atoms with Gasteiger partial charge in [-0.1, -0.05) is 0 Å². The molecule has 1 aliphatic heterocycles. The van der Waals surface area contributed by atoms with Crippen LogP contribution in [0.4, 0.5) is 0 Å². The number of furan rings is 1. The molecular weight excluding hydrogens is 230 g/mol. The fourth-order valence-corrected chi connectivity index (χ4v) is 2.52. The summed E-state index contributed by atoms with van der Waals surface area (Å²) in [5.41, 5.74) is 2.15. The van der Waals surface area contributed by atoms with E-state index in [1.807, 2.05) is 0 Å². The third-order valence-corrected chi connectivity index (χ3v) is 3.49. The number of rotatable bonds is 3. The largest absolute Gasteiger partial charge is 0.478 e. The Labute approximate surface area is 105 Å². The standard InChI is InChI=1S/C14H15NO3/c16-14(17)10-3-4-13-12(7-10)11(9-18-13)8-15-5-1-2-6-15/h3-4,7,9H,1-2,5-6,8H2,(H,16,17). The van der Waals surface area contributed by atoms with Crippen molar-refractivity contribution in [3.63, 3.8) is 0 Å². The van der Waals surface area contributed by atoms with E-state index in [4.69, 9.17) is 9.52 Å². The first-order valence-electron chi connectivity index (χ1n) is 6.20. The van der Waals surface area contributed by atoms with Crippen molar-refractivity contribution in [3.8, 4) is 0 Å². The number of carbonyl (C=O) groups is 1. The second-order valence-electron chi connectivity index (χ2n) is 4.76. The van der Waals surface area contributed by atoms with Gasteiger partial charge in [-0.2, -0.15) is 0 Å². The summed E-state index contributed by atoms with van der Waals surface area (Å²) < 4.78 is 5.47. The summed E-state index contributed by atoms with van der Waals surface area (Å²) in [7, 11) is 0. The van der Waals surface area contributed by atoms with Gasteiger partial charge in [-0.05, 0) is 44.1 Å². The van der Waals surface area contributed by atoms with Gasteiger partial charge in [0.1, 0.15) is 5.58 Å². The van der Waals surface area contributed by atoms with E-state index < -0.39 is 5.97 Å². The quantitative estimate of drug-likeness (QED) is 0.903. The summed E-state index contributed by atoms with van der Waals surface area (Å²) in [5.74, 6) is -0.898. The molecule has 0 saturated carbocycles. The molecule has 0 spiro atoms. The van der Waals surface area contributed by atoms with Gasteiger partial charge in [0.05, 0.1) is 11.8 Å². The third-order valence-electron chi connectivity index (χ3n) is 3.49. The Hall–Kier alpha value is -1.81. The van der Waals surface area contributed by atoms with Crippen LogP contribution in [-0.4, -0.2) is 29.1 Å². The van der Waals surface area contributed by atoms with Crippen molar-refractivity contribution in [1.82, 2.24) is 4.90 Å². The van der Waals surface area contributed by atoms with Gasteiger partial charge in [0.25, 0.3) is 0 Å². The molecule has 1 aliphatic rings. The summed E-state index contributed by atoms with van der Waals surface area (Å²) in [6, 6.07) is 5.01. The van der Waals surface area contributed by atoms with Crippen LogP contribution in [0, 0.1) is 0 Å². The van der Waals surface area contributed by atoms with E-state index in [0.717, 1.165) is 36.2 Å². The molecule has 94 valence electrons. The summed E-state index contributed by atoms with van der Waals surface area (Å²) in [5, 5.41) is 9.93. The summed E-state index contributed by atoms with van der Waals surface area (Å²) in [4.78, 5) is 13.4. The highest BCUT2D eigenvalue weighted by molar-refractivity contribution is 5.93. The third kappa shape index (κ3) is 1.99. The molecule has 0 amide bonds. The van der Waals surface area contributed by atoms with Crippen molar-refractivity contribution in [2.24, 2.45) is 0 Å². The predicted molar refractivity (Wildman–Crippen MR) is 67.7 cm³/mol. The Morgan fingerprint density at radius 3 is 2.83 bits per heavy atom. The van der Waals surface area contributed by atoms with Crippen LogP contribution in [0.15, 0.2) is 28.9 Å². The molecule has 4 heteroatoms. The Kier molecular flexibility index (Phi) is 2.80. The Morgan fingerprint density at radius 2 is 2.11 bits per heavy atom. The van der Waals surface area contributed by atoms with Gasteiger partial charge in [-0.15, -0.1) is 0 Å². The van der Waals surface area contributed by atoms with Crippen LogP contribution in [0.2, 0.25) is 0 Å². The molecule has 3 rings (SSSR count). The average Bonchev–Trinajstić information content (AvgIpc) is 2.99. The van der Waals surface area contributed by atoms with Crippen molar-refractivity contribution < 1.29 is 14.3 Å². The van der Waals surface area contributed by atoms with Gasteiger partial charge in [0.2, 0.25) is 0 Å². The van der Waals surface area contributed by atoms with Gasteiger partial charge >= 0.3 is 5.97 Å². The lowest BCUT2D eigenvalue weighted by Crippen LogP contribution is -2.18. The van der Waals surface area contributed by atoms with Gasteiger partial charge in [0, 0.05) is 17.5 Å². The second kappa shape index (κ2) is 4.46. The highest BCUT2D eigenvalue weighted by Crippen LogP contribution is 2.25. The Morgan fingerprint density at radius 1 is 1.33 bits per heavy atom. The minimum Gasteiger partial charge on any atom is -0.478 e. The number of fused-ring (bicyclic) bond motifs is 1. The molecule has 18 heavy (non-hydrogen) atoms. The maximum atomic E-state index is 11.0. The van der Waals surface area contributed by atoms with E-state index in [-0.39, 0.29) is 0 Å². The summed E-state index contributed by atoms with van der Waals surface area (Å²) >= 11 is 0. The lowest BCUT2D eigenvalue weighted by Gasteiger charge is -2.12. The monoisotopic (exact) mass is 245 g/mol. The van der Waals surface area contributed by atoms with Crippen LogP contribution < -0.4 is 0 Å². The first-order valence-corrected chi connectivity index (χ1v) is 6.20. The number of hydrogen-bond donors (Lipinski definition) is 1. The maximum absolute atomic E-state index is 11.0. The molecule has 0 aliphatic carbocycles. The lowest BCUT2D eigenvalue weighted by atomic mass is 10.1. The lowest BCUT2D eigenvalue weighted by molar-refractivity contribution is 0.0697. The van der Waals surface area contributed by atoms with Gasteiger partial charge in [-0.25, -0.2) is 4.79 Å². The molecule has 1 aromatic heterocycles. The first kappa shape index (κ1) is 11.3. The molecule has 0 unspecified atom stereocenters. The number of carboxylic acid groups (broad SMARTS) is 1. The van der Waals surface area contributed by atoms with Crippen LogP contribution >= 0.6 is 0 Å². The SMILES string of the molecule is O=C(O)c1ccc2occ(CN3CCCC3)c2c1. The number of aromatic carboxylic acids is 1. The van der Waals surface area contributed by atoms with E-state index in [1.54, 1.807) is 24.5 Å². The van der Waals surface area contributed by atoms with Crippen molar-refractivity contribution in [2.75, 3.05) is 13.1 Å². The number of hydrogen-bond acceptors (Lipinski definition) is 3. The van der Waals surface area contributed by atoms with Gasteiger partial charge in [-0.3, -0.25) is 4.90 Å². The van der Waals surface area contributed by atoms with Crippen LogP contribution in [0.5, 0.6) is 0 Å². The van der Waals surface area contributed by atoms with E-state index >= 15 is 0 Å². The van der Waals surface area contributed by atoms with Crippen molar-refractivity contribution >= 4 is 16.9 Å². The van der Waals surface area contributed by atoms with Gasteiger partial charge < -0.3 is 9.52 Å². The van der Waals surface area contributed by atoms with Crippen molar-refractivity contribution in [2.45, 2.75) is 19.4 Å². The molecule has 2 heterocycles. The minimum absolute atomic E-state index is 0.312. The molecule has 1 saturated heterocycles. The molecular formula is C14H15NO3. The number of likely N-dealkylation sites (tertiary alicyclic amines) is 1. The number of benzene rings is 1. The molecule has 4 nitrogen and oxygen atoms in total. The minimum atomic E-state index is -0.898. The van der Waals surface area contributed by atoms with Crippen LogP contribution in [0.1, 0.15) is 28.8 Å². The number of nitrogens with zero attached hydrogens (tertiary/aromatic N) is 1. The Bertz CT molecular complexity index is 582. The van der Waals surface area contributed by atoms with Crippen molar-refractivity contribution in [1.29, 1.82) is 0 Å². The summed E-state index contributed by atoms with van der Waals surface area (Å²) in [6.45, 7) is 3.08. The zero-order valence-electron chi connectivity index (χ0n) is 10.1. The van der Waals surface area contributed by atoms with Crippen LogP contribution in [-0.2, 0) is 6.54 Å². The molecule has 0 bridgehead atoms. The van der Waals surface area contributed by atoms with Crippen LogP contribution in [0.25, 0.3) is 11.0 Å². The van der Waals surface area contributed by atoms with Crippen LogP contribution in [0.3, 0.4) is 0 Å². The summed E-state index contributed by atoms with van der Waals surface area (Å²) in [6.07, 6.45) is 4.24. The molecule has 1 fully saturated rings. The fourth-order valence-electron chi connectivity index (χ4n) is 2.52. The van der Waals surface area contributed by atoms with Gasteiger partial charge in [0.15, 0.2) is 0 Å². The second-order valence-corrected chi connectivity index (χ2v) is 4.76. The van der Waals surface area contributed by atoms with Crippen molar-refractivity contribution in [3.05, 3.63) is 35.6 Å². The smallest absolute Gasteiger partial charge is 0.335 e. The van der Waals surface area contributed by atoms with E-state index in [1.165, 1.54) is 12.8 Å². The number of carboxylic acids is 1.